The summed E-state index contributed by atoms with van der Waals surface area (Å²) in [5, 5.41) is 4.25. The molecule has 0 aromatic heterocycles. The van der Waals surface area contributed by atoms with Gasteiger partial charge in [0.1, 0.15) is 0 Å². The van der Waals surface area contributed by atoms with Gasteiger partial charge in [0.25, 0.3) is 0 Å². The van der Waals surface area contributed by atoms with Crippen LogP contribution in [0.4, 0.5) is 5.69 Å². The van der Waals surface area contributed by atoms with E-state index in [9.17, 15) is 0 Å². The van der Waals surface area contributed by atoms with Crippen molar-refractivity contribution in [1.82, 2.24) is 5.32 Å². The second kappa shape index (κ2) is 5.07. The molecule has 1 N–H and O–H groups in total. The Labute approximate surface area is 104 Å². The van der Waals surface area contributed by atoms with Crippen molar-refractivity contribution < 1.29 is 0 Å². The number of halogens is 1. The maximum Gasteiger partial charge on any atom is 0.0471 e. The van der Waals surface area contributed by atoms with Gasteiger partial charge in [0.2, 0.25) is 0 Å². The van der Waals surface area contributed by atoms with E-state index in [-0.39, 0.29) is 5.54 Å². The Balaban J connectivity index is 2.76. The van der Waals surface area contributed by atoms with E-state index in [1.54, 1.807) is 0 Å². The van der Waals surface area contributed by atoms with Gasteiger partial charge in [-0.3, -0.25) is 0 Å². The minimum absolute atomic E-state index is 0.115. The number of nitrogens with one attached hydrogen (secondary N) is 1. The molecule has 2 nitrogen and oxygen atoms in total. The molecule has 0 heterocycles. The molecule has 16 heavy (non-hydrogen) atoms. The summed E-state index contributed by atoms with van der Waals surface area (Å²) in [5.41, 5.74) is 2.38. The van der Waals surface area contributed by atoms with Crippen LogP contribution in [0.15, 0.2) is 18.2 Å². The van der Waals surface area contributed by atoms with E-state index in [1.165, 1.54) is 0 Å². The number of hydrogen-bond acceptors (Lipinski definition) is 2. The van der Waals surface area contributed by atoms with Crippen molar-refractivity contribution >= 4 is 17.3 Å². The van der Waals surface area contributed by atoms with Crippen LogP contribution in [-0.2, 0) is 6.54 Å². The first kappa shape index (κ1) is 13.3. The van der Waals surface area contributed by atoms with Crippen molar-refractivity contribution in [1.29, 1.82) is 0 Å². The summed E-state index contributed by atoms with van der Waals surface area (Å²) in [6, 6.07) is 6.17. The fraction of sp³-hybridized carbons (Fsp3) is 0.538. The molecule has 1 aromatic carbocycles. The van der Waals surface area contributed by atoms with Gasteiger partial charge in [-0.1, -0.05) is 17.7 Å². The van der Waals surface area contributed by atoms with Crippen LogP contribution in [0.2, 0.25) is 5.02 Å². The average Bonchev–Trinajstić information content (AvgIpc) is 2.14. The van der Waals surface area contributed by atoms with Crippen molar-refractivity contribution in [3.8, 4) is 0 Å². The van der Waals surface area contributed by atoms with Crippen LogP contribution in [0.25, 0.3) is 0 Å². The Hall–Kier alpha value is -0.730. The lowest BCUT2D eigenvalue weighted by Crippen LogP contribution is -2.35. The number of benzene rings is 1. The highest BCUT2D eigenvalue weighted by atomic mass is 35.5. The molecular weight excluding hydrogens is 220 g/mol. The number of anilines is 1. The Morgan fingerprint density at radius 1 is 1.25 bits per heavy atom. The third kappa shape index (κ3) is 4.03. The lowest BCUT2D eigenvalue weighted by molar-refractivity contribution is 0.424. The summed E-state index contributed by atoms with van der Waals surface area (Å²) in [5.74, 6) is 0. The van der Waals surface area contributed by atoms with Gasteiger partial charge in [-0.25, -0.2) is 0 Å². The Kier molecular flexibility index (Phi) is 4.22. The summed E-state index contributed by atoms with van der Waals surface area (Å²) < 4.78 is 0. The minimum Gasteiger partial charge on any atom is -0.378 e. The molecule has 0 saturated carbocycles. The summed E-state index contributed by atoms with van der Waals surface area (Å²) in [6.45, 7) is 7.25. The molecule has 1 rings (SSSR count). The van der Waals surface area contributed by atoms with Crippen molar-refractivity contribution in [2.24, 2.45) is 0 Å². The normalized spacial score (nSPS) is 11.6. The third-order valence-electron chi connectivity index (χ3n) is 2.36. The van der Waals surface area contributed by atoms with Crippen LogP contribution in [0, 0.1) is 0 Å². The zero-order valence-corrected chi connectivity index (χ0v) is 11.5. The average molecular weight is 241 g/mol. The fourth-order valence-corrected chi connectivity index (χ4v) is 1.56. The van der Waals surface area contributed by atoms with Crippen LogP contribution < -0.4 is 10.2 Å². The molecular formula is C13H21ClN2. The second-order valence-corrected chi connectivity index (χ2v) is 5.68. The van der Waals surface area contributed by atoms with Gasteiger partial charge in [0.05, 0.1) is 0 Å². The van der Waals surface area contributed by atoms with Crippen LogP contribution in [0.1, 0.15) is 26.3 Å². The topological polar surface area (TPSA) is 15.3 Å². The molecule has 3 heteroatoms. The quantitative estimate of drug-likeness (QED) is 0.872. The molecule has 1 aromatic rings. The maximum absolute atomic E-state index is 6.24. The molecule has 0 aliphatic heterocycles. The lowest BCUT2D eigenvalue weighted by atomic mass is 10.1. The number of nitrogens with zero attached hydrogens (tertiary/aromatic N) is 1. The molecule has 0 bridgehead atoms. The van der Waals surface area contributed by atoms with Gasteiger partial charge in [-0.2, -0.15) is 0 Å². The van der Waals surface area contributed by atoms with E-state index < -0.39 is 0 Å². The highest BCUT2D eigenvalue weighted by molar-refractivity contribution is 6.31. The first-order valence-electron chi connectivity index (χ1n) is 5.50. The van der Waals surface area contributed by atoms with Crippen molar-refractivity contribution in [2.45, 2.75) is 32.9 Å². The second-order valence-electron chi connectivity index (χ2n) is 5.27. The molecule has 0 aliphatic rings. The molecule has 0 aliphatic carbocycles. The largest absolute Gasteiger partial charge is 0.378 e. The van der Waals surface area contributed by atoms with E-state index in [0.29, 0.717) is 0 Å². The van der Waals surface area contributed by atoms with Crippen LogP contribution in [0.5, 0.6) is 0 Å². The first-order chi connectivity index (χ1) is 7.29. The van der Waals surface area contributed by atoms with Crippen LogP contribution in [0.3, 0.4) is 0 Å². The standard InChI is InChI=1S/C13H21ClN2/c1-13(2,3)15-9-10-6-7-11(16(4)5)8-12(10)14/h6-8,15H,9H2,1-5H3. The predicted molar refractivity (Wildman–Crippen MR) is 72.4 cm³/mol. The van der Waals surface area contributed by atoms with Crippen molar-refractivity contribution in [3.05, 3.63) is 28.8 Å². The summed E-state index contributed by atoms with van der Waals surface area (Å²) in [6.07, 6.45) is 0. The van der Waals surface area contributed by atoms with E-state index in [0.717, 1.165) is 22.8 Å². The molecule has 90 valence electrons. The van der Waals surface area contributed by atoms with Gasteiger partial charge in [0.15, 0.2) is 0 Å². The molecule has 0 saturated heterocycles. The highest BCUT2D eigenvalue weighted by Gasteiger charge is 2.10. The zero-order valence-electron chi connectivity index (χ0n) is 10.8. The monoisotopic (exact) mass is 240 g/mol. The van der Waals surface area contributed by atoms with E-state index in [4.69, 9.17) is 11.6 Å². The predicted octanol–water partition coefficient (Wildman–Crippen LogP) is 3.29. The third-order valence-corrected chi connectivity index (χ3v) is 2.71. The van der Waals surface area contributed by atoms with Gasteiger partial charge < -0.3 is 10.2 Å². The molecule has 0 radical (unpaired) electrons. The Morgan fingerprint density at radius 2 is 1.88 bits per heavy atom. The van der Waals surface area contributed by atoms with Gasteiger partial charge >= 0.3 is 0 Å². The van der Waals surface area contributed by atoms with Crippen LogP contribution >= 0.6 is 11.6 Å². The minimum atomic E-state index is 0.115. The summed E-state index contributed by atoms with van der Waals surface area (Å²) >= 11 is 6.24. The molecule has 0 unspecified atom stereocenters. The van der Waals surface area contributed by atoms with E-state index >= 15 is 0 Å². The van der Waals surface area contributed by atoms with Crippen LogP contribution in [-0.4, -0.2) is 19.6 Å². The maximum atomic E-state index is 6.24. The fourth-order valence-electron chi connectivity index (χ4n) is 1.32. The molecule has 0 amide bonds. The highest BCUT2D eigenvalue weighted by Crippen LogP contribution is 2.22. The Morgan fingerprint density at radius 3 is 2.31 bits per heavy atom. The SMILES string of the molecule is CN(C)c1ccc(CNC(C)(C)C)c(Cl)c1. The lowest BCUT2D eigenvalue weighted by Gasteiger charge is -2.21. The smallest absolute Gasteiger partial charge is 0.0471 e. The molecule has 0 spiro atoms. The van der Waals surface area contributed by atoms with Crippen molar-refractivity contribution in [2.75, 3.05) is 19.0 Å². The molecule has 0 fully saturated rings. The van der Waals surface area contributed by atoms with Crippen molar-refractivity contribution in [3.63, 3.8) is 0 Å². The summed E-state index contributed by atoms with van der Waals surface area (Å²) in [4.78, 5) is 2.05. The van der Waals surface area contributed by atoms with E-state index in [2.05, 4.69) is 38.2 Å². The van der Waals surface area contributed by atoms with Gasteiger partial charge in [-0.15, -0.1) is 0 Å². The van der Waals surface area contributed by atoms with E-state index in [1.807, 2.05) is 25.1 Å². The Bertz CT molecular complexity index is 353. The van der Waals surface area contributed by atoms with Gasteiger partial charge in [0, 0.05) is 36.9 Å². The van der Waals surface area contributed by atoms with Gasteiger partial charge in [-0.05, 0) is 38.5 Å². The number of hydrogen-bond donors (Lipinski definition) is 1. The number of rotatable bonds is 3. The summed E-state index contributed by atoms with van der Waals surface area (Å²) in [7, 11) is 4.03. The zero-order chi connectivity index (χ0) is 12.3. The molecule has 0 atom stereocenters. The first-order valence-corrected chi connectivity index (χ1v) is 5.88.